The smallest absolute Gasteiger partial charge is 0.325 e. The summed E-state index contributed by atoms with van der Waals surface area (Å²) in [5.74, 6) is 0.524. The zero-order valence-electron chi connectivity index (χ0n) is 16.2. The van der Waals surface area contributed by atoms with E-state index in [1.54, 1.807) is 56.7 Å². The molecule has 0 aliphatic carbocycles. The molecule has 7 nitrogen and oxygen atoms in total. The van der Waals surface area contributed by atoms with Gasteiger partial charge in [-0.1, -0.05) is 12.1 Å². The maximum absolute atomic E-state index is 13.2. The number of hydrogen-bond donors (Lipinski definition) is 0. The highest BCUT2D eigenvalue weighted by Gasteiger charge is 2.40. The van der Waals surface area contributed by atoms with Crippen LogP contribution in [0, 0.1) is 0 Å². The van der Waals surface area contributed by atoms with Crippen molar-refractivity contribution in [3.63, 3.8) is 0 Å². The van der Waals surface area contributed by atoms with Gasteiger partial charge in [0.2, 0.25) is 0 Å². The maximum Gasteiger partial charge on any atom is 0.325 e. The molecule has 0 aromatic heterocycles. The summed E-state index contributed by atoms with van der Waals surface area (Å²) in [6.07, 6.45) is 1.68. The summed E-state index contributed by atoms with van der Waals surface area (Å²) in [5.41, 5.74) is 1.62. The quantitative estimate of drug-likeness (QED) is 0.411. The first kappa shape index (κ1) is 20.3. The average Bonchev–Trinajstić information content (AvgIpc) is 2.98. The van der Waals surface area contributed by atoms with Gasteiger partial charge in [0.25, 0.3) is 5.91 Å². The van der Waals surface area contributed by atoms with Crippen molar-refractivity contribution in [2.24, 2.45) is 0 Å². The number of carbonyl (C=O) groups is 2. The van der Waals surface area contributed by atoms with E-state index in [2.05, 4.69) is 0 Å². The lowest BCUT2D eigenvalue weighted by atomic mass is 10.1. The minimum absolute atomic E-state index is 0.171. The Kier molecular flexibility index (Phi) is 6.13. The zero-order chi connectivity index (χ0) is 21.0. The monoisotopic (exact) mass is 412 g/mol. The third kappa shape index (κ3) is 4.22. The first-order chi connectivity index (χ1) is 14.0. The SMILES string of the molecule is COC(=O)CN1C(=S)N(c2ccc(OC)cc2)C(=O)/C1=C/c1ccc(OC)cc1. The van der Waals surface area contributed by atoms with Crippen LogP contribution in [0.4, 0.5) is 5.69 Å². The highest BCUT2D eigenvalue weighted by Crippen LogP contribution is 2.30. The number of methoxy groups -OCH3 is 3. The van der Waals surface area contributed by atoms with Crippen LogP contribution in [0.2, 0.25) is 0 Å². The molecule has 8 heteroatoms. The Bertz CT molecular complexity index is 954. The summed E-state index contributed by atoms with van der Waals surface area (Å²) in [7, 11) is 4.43. The second-order valence-corrected chi connectivity index (χ2v) is 6.45. The van der Waals surface area contributed by atoms with E-state index in [0.717, 1.165) is 5.56 Å². The minimum Gasteiger partial charge on any atom is -0.497 e. The van der Waals surface area contributed by atoms with Crippen LogP contribution in [-0.2, 0) is 14.3 Å². The van der Waals surface area contributed by atoms with Gasteiger partial charge in [0.1, 0.15) is 23.7 Å². The Morgan fingerprint density at radius 1 is 0.966 bits per heavy atom. The number of thiocarbonyl (C=S) groups is 1. The van der Waals surface area contributed by atoms with Gasteiger partial charge in [-0.3, -0.25) is 14.5 Å². The Hall–Kier alpha value is -3.39. The summed E-state index contributed by atoms with van der Waals surface area (Å²) in [6.45, 7) is -0.171. The van der Waals surface area contributed by atoms with E-state index in [1.165, 1.54) is 16.9 Å². The lowest BCUT2D eigenvalue weighted by Crippen LogP contribution is -2.35. The molecule has 1 fully saturated rings. The number of ether oxygens (including phenoxy) is 3. The number of hydrogen-bond acceptors (Lipinski definition) is 6. The molecule has 0 atom stereocenters. The van der Waals surface area contributed by atoms with E-state index in [4.69, 9.17) is 26.4 Å². The fourth-order valence-corrected chi connectivity index (χ4v) is 3.19. The van der Waals surface area contributed by atoms with Crippen molar-refractivity contribution in [1.82, 2.24) is 4.90 Å². The molecular formula is C21H20N2O5S. The molecule has 0 unspecified atom stereocenters. The van der Waals surface area contributed by atoms with Crippen LogP contribution in [0.3, 0.4) is 0 Å². The number of rotatable bonds is 6. The van der Waals surface area contributed by atoms with Gasteiger partial charge in [0.15, 0.2) is 5.11 Å². The van der Waals surface area contributed by atoms with Crippen molar-refractivity contribution in [2.45, 2.75) is 0 Å². The number of amides is 1. The van der Waals surface area contributed by atoms with Crippen LogP contribution in [0.25, 0.3) is 6.08 Å². The molecule has 0 radical (unpaired) electrons. The second-order valence-electron chi connectivity index (χ2n) is 6.09. The van der Waals surface area contributed by atoms with Gasteiger partial charge in [-0.05, 0) is 60.3 Å². The largest absolute Gasteiger partial charge is 0.497 e. The van der Waals surface area contributed by atoms with E-state index in [-0.39, 0.29) is 23.3 Å². The Labute approximate surface area is 174 Å². The average molecular weight is 412 g/mol. The molecule has 0 saturated carbocycles. The predicted octanol–water partition coefficient (Wildman–Crippen LogP) is 2.85. The van der Waals surface area contributed by atoms with Crippen molar-refractivity contribution in [1.29, 1.82) is 0 Å². The normalized spacial score (nSPS) is 15.1. The molecule has 0 bridgehead atoms. The third-order valence-corrected chi connectivity index (χ3v) is 4.80. The lowest BCUT2D eigenvalue weighted by molar-refractivity contribution is -0.140. The van der Waals surface area contributed by atoms with Gasteiger partial charge >= 0.3 is 5.97 Å². The first-order valence-corrected chi connectivity index (χ1v) is 9.12. The molecule has 1 heterocycles. The van der Waals surface area contributed by atoms with Crippen LogP contribution in [-0.4, -0.2) is 49.8 Å². The summed E-state index contributed by atoms with van der Waals surface area (Å²) in [5, 5.41) is 0.199. The van der Waals surface area contributed by atoms with Gasteiger partial charge in [-0.25, -0.2) is 0 Å². The minimum atomic E-state index is -0.502. The van der Waals surface area contributed by atoms with Crippen molar-refractivity contribution >= 4 is 41.0 Å². The lowest BCUT2D eigenvalue weighted by Gasteiger charge is -2.19. The molecule has 2 aromatic rings. The molecule has 29 heavy (non-hydrogen) atoms. The Balaban J connectivity index is 2.00. The molecule has 150 valence electrons. The number of benzene rings is 2. The molecule has 2 aromatic carbocycles. The third-order valence-electron chi connectivity index (χ3n) is 4.40. The van der Waals surface area contributed by atoms with Crippen LogP contribution in [0.15, 0.2) is 54.2 Å². The summed E-state index contributed by atoms with van der Waals surface area (Å²) in [6, 6.07) is 14.1. The van der Waals surface area contributed by atoms with Crippen LogP contribution < -0.4 is 14.4 Å². The van der Waals surface area contributed by atoms with E-state index in [1.807, 2.05) is 12.1 Å². The number of anilines is 1. The van der Waals surface area contributed by atoms with E-state index < -0.39 is 5.97 Å². The summed E-state index contributed by atoms with van der Waals surface area (Å²) in [4.78, 5) is 28.0. The molecule has 1 amide bonds. The Morgan fingerprint density at radius 2 is 1.52 bits per heavy atom. The number of nitrogens with zero attached hydrogens (tertiary/aromatic N) is 2. The topological polar surface area (TPSA) is 68.3 Å². The zero-order valence-corrected chi connectivity index (χ0v) is 17.1. The molecule has 1 aliphatic heterocycles. The van der Waals surface area contributed by atoms with E-state index >= 15 is 0 Å². The van der Waals surface area contributed by atoms with Crippen LogP contribution in [0.1, 0.15) is 5.56 Å². The molecule has 3 rings (SSSR count). The van der Waals surface area contributed by atoms with Crippen molar-refractivity contribution in [2.75, 3.05) is 32.8 Å². The van der Waals surface area contributed by atoms with Crippen molar-refractivity contribution in [3.05, 3.63) is 59.8 Å². The standard InChI is InChI=1S/C21H20N2O5S/c1-26-16-8-4-14(5-9-16)12-18-20(25)23(15-6-10-17(27-2)11-7-15)21(29)22(18)13-19(24)28-3/h4-12H,13H2,1-3H3/b18-12-. The van der Waals surface area contributed by atoms with E-state index in [9.17, 15) is 9.59 Å². The summed E-state index contributed by atoms with van der Waals surface area (Å²) >= 11 is 5.51. The second kappa shape index (κ2) is 8.74. The highest BCUT2D eigenvalue weighted by molar-refractivity contribution is 7.80. The first-order valence-electron chi connectivity index (χ1n) is 8.71. The van der Waals surface area contributed by atoms with Crippen molar-refractivity contribution in [3.8, 4) is 11.5 Å². The Morgan fingerprint density at radius 3 is 2.03 bits per heavy atom. The van der Waals surface area contributed by atoms with E-state index in [0.29, 0.717) is 17.2 Å². The molecule has 0 N–H and O–H groups in total. The molecule has 1 saturated heterocycles. The van der Waals surface area contributed by atoms with Gasteiger partial charge in [-0.15, -0.1) is 0 Å². The molecule has 1 aliphatic rings. The highest BCUT2D eigenvalue weighted by atomic mass is 32.1. The van der Waals surface area contributed by atoms with Crippen LogP contribution in [0.5, 0.6) is 11.5 Å². The molecular weight excluding hydrogens is 392 g/mol. The maximum atomic E-state index is 13.2. The van der Waals surface area contributed by atoms with Crippen LogP contribution >= 0.6 is 12.2 Å². The van der Waals surface area contributed by atoms with Gasteiger partial charge < -0.3 is 19.1 Å². The van der Waals surface area contributed by atoms with Crippen molar-refractivity contribution < 1.29 is 23.8 Å². The molecule has 0 spiro atoms. The number of carbonyl (C=O) groups excluding carboxylic acids is 2. The predicted molar refractivity (Wildman–Crippen MR) is 113 cm³/mol. The summed E-state index contributed by atoms with van der Waals surface area (Å²) < 4.78 is 15.1. The van der Waals surface area contributed by atoms with Gasteiger partial charge in [0, 0.05) is 0 Å². The fraction of sp³-hybridized carbons (Fsp3) is 0.190. The van der Waals surface area contributed by atoms with Gasteiger partial charge in [-0.2, -0.15) is 0 Å². The van der Waals surface area contributed by atoms with Gasteiger partial charge in [0.05, 0.1) is 27.0 Å². The fourth-order valence-electron chi connectivity index (χ4n) is 2.84. The number of esters is 1.